The molecule has 0 saturated carbocycles. The predicted octanol–water partition coefficient (Wildman–Crippen LogP) is 18.0. The fraction of sp³-hybridized carbons (Fsp3) is 0.806. The normalized spacial score (nSPS) is 12.8. The lowest BCUT2D eigenvalue weighted by atomic mass is 10.0. The molecule has 0 aliphatic rings. The van der Waals surface area contributed by atoms with Crippen molar-refractivity contribution in [3.63, 3.8) is 0 Å². The molecule has 0 N–H and O–H groups in total. The van der Waals surface area contributed by atoms with Gasteiger partial charge in [-0.15, -0.1) is 0 Å². The van der Waals surface area contributed by atoms with Gasteiger partial charge in [0.25, 0.3) is 0 Å². The molecule has 9 nitrogen and oxygen atoms in total. The first-order valence-corrected chi connectivity index (χ1v) is 29.7. The minimum absolute atomic E-state index is 0.0483. The van der Waals surface area contributed by atoms with Crippen molar-refractivity contribution in [2.24, 2.45) is 0 Å². The molecule has 0 amide bonds. The maximum Gasteiger partial charge on any atom is 0.508 e. The summed E-state index contributed by atoms with van der Waals surface area (Å²) in [6.07, 6.45) is 56.1. The van der Waals surface area contributed by atoms with E-state index in [1.807, 2.05) is 19.0 Å². The highest BCUT2D eigenvalue weighted by Gasteiger charge is 2.22. The number of Topliss-reactive ketones (excluding diaryl/α,β-unsaturated/α-hetero) is 1. The number of hydrogen-bond acceptors (Lipinski definition) is 9. The Kier molecular flexibility index (Phi) is 52.1. The van der Waals surface area contributed by atoms with Crippen molar-refractivity contribution in [1.29, 1.82) is 0 Å². The average Bonchev–Trinajstić information content (AvgIpc) is 3.35. The van der Waals surface area contributed by atoms with Crippen molar-refractivity contribution < 1.29 is 38.1 Å². The van der Waals surface area contributed by atoms with Crippen LogP contribution in [0.4, 0.5) is 4.79 Å². The lowest BCUT2D eigenvalue weighted by molar-refractivity contribution is -0.160. The lowest BCUT2D eigenvalue weighted by Gasteiger charge is -2.20. The van der Waals surface area contributed by atoms with E-state index >= 15 is 0 Å². The van der Waals surface area contributed by atoms with Gasteiger partial charge in [0.15, 0.2) is 0 Å². The number of rotatable bonds is 53. The molecule has 0 aromatic carbocycles. The molecule has 0 aliphatic carbocycles. The van der Waals surface area contributed by atoms with Gasteiger partial charge in [-0.25, -0.2) is 4.79 Å². The van der Waals surface area contributed by atoms with Crippen LogP contribution in [-0.2, 0) is 33.3 Å². The lowest BCUT2D eigenvalue weighted by Crippen LogP contribution is -2.27. The van der Waals surface area contributed by atoms with Gasteiger partial charge >= 0.3 is 18.1 Å². The summed E-state index contributed by atoms with van der Waals surface area (Å²) in [6.45, 7) is 7.72. The van der Waals surface area contributed by atoms with Crippen LogP contribution >= 0.6 is 0 Å². The third-order valence-corrected chi connectivity index (χ3v) is 13.0. The molecule has 0 aliphatic heterocycles. The Labute approximate surface area is 437 Å². The highest BCUT2D eigenvalue weighted by Crippen LogP contribution is 2.19. The molecule has 0 spiro atoms. The van der Waals surface area contributed by atoms with Crippen LogP contribution in [0.25, 0.3) is 0 Å². The van der Waals surface area contributed by atoms with Crippen LogP contribution < -0.4 is 0 Å². The molecule has 0 radical (unpaired) electrons. The van der Waals surface area contributed by atoms with Crippen molar-refractivity contribution in [1.82, 2.24) is 4.90 Å². The van der Waals surface area contributed by atoms with E-state index in [1.165, 1.54) is 103 Å². The Balaban J connectivity index is 5.07. The molecule has 0 aromatic heterocycles. The number of ether oxygens (including phenoxy) is 4. The Morgan fingerprint density at radius 3 is 1.35 bits per heavy atom. The van der Waals surface area contributed by atoms with Crippen molar-refractivity contribution >= 4 is 23.9 Å². The van der Waals surface area contributed by atoms with Crippen LogP contribution in [0.3, 0.4) is 0 Å². The van der Waals surface area contributed by atoms with Crippen LogP contribution in [0, 0.1) is 0 Å². The van der Waals surface area contributed by atoms with Crippen molar-refractivity contribution in [3.8, 4) is 0 Å². The monoisotopic (exact) mass is 998 g/mol. The van der Waals surface area contributed by atoms with Crippen LogP contribution in [-0.4, -0.2) is 74.8 Å². The molecule has 0 bridgehead atoms. The maximum atomic E-state index is 13.4. The SMILES string of the molecule is CCCCC/C=C\C/C=C\CCCCCCCC(=O)CCC(COC(=O)CCCCCCC/C=C\C/C=C\CCCCC)OC(=O)CCC(CCCCCCCCCCCC)OC(=O)OCCCN(C)C. The molecule has 412 valence electrons. The number of unbranched alkanes of at least 4 members (excludes halogenated alkanes) is 25. The first-order valence-electron chi connectivity index (χ1n) is 29.7. The molecule has 9 heteroatoms. The summed E-state index contributed by atoms with van der Waals surface area (Å²) in [4.78, 5) is 54.0. The van der Waals surface area contributed by atoms with E-state index < -0.39 is 24.3 Å². The average molecular weight is 999 g/mol. The minimum Gasteiger partial charge on any atom is -0.462 e. The molecule has 0 fully saturated rings. The third kappa shape index (κ3) is 52.9. The zero-order chi connectivity index (χ0) is 51.9. The first kappa shape index (κ1) is 67.8. The van der Waals surface area contributed by atoms with Crippen molar-refractivity contribution in [2.45, 2.75) is 290 Å². The first-order chi connectivity index (χ1) is 34.7. The van der Waals surface area contributed by atoms with Gasteiger partial charge < -0.3 is 23.8 Å². The van der Waals surface area contributed by atoms with Gasteiger partial charge in [-0.05, 0) is 123 Å². The number of carbonyl (C=O) groups is 4. The standard InChI is InChI=1S/C62H111NO8/c1-6-9-12-15-18-21-24-26-28-30-32-34-37-40-43-47-57(64)50-51-59(56-69-60(65)49-45-42-39-36-33-31-29-27-25-22-19-16-13-10-7-2)70-61(66)53-52-58(71-62(67)68-55-46-54-63(4)5)48-44-41-38-35-23-20-17-14-11-8-3/h18-19,21-22,26-29,58-59H,6-17,20,23-25,30-56H2,1-5H3/b21-18-,22-19-,28-26-,29-27-. The van der Waals surface area contributed by atoms with Gasteiger partial charge in [0.1, 0.15) is 24.6 Å². The second kappa shape index (κ2) is 54.6. The molecular formula is C62H111NO8. The predicted molar refractivity (Wildman–Crippen MR) is 299 cm³/mol. The Hall–Kier alpha value is -3.20. The van der Waals surface area contributed by atoms with Crippen molar-refractivity contribution in [3.05, 3.63) is 48.6 Å². The highest BCUT2D eigenvalue weighted by atomic mass is 16.7. The summed E-state index contributed by atoms with van der Waals surface area (Å²) in [5, 5.41) is 0. The van der Waals surface area contributed by atoms with E-state index in [2.05, 4.69) is 69.4 Å². The summed E-state index contributed by atoms with van der Waals surface area (Å²) in [5.41, 5.74) is 0. The molecule has 2 atom stereocenters. The second-order valence-corrected chi connectivity index (χ2v) is 20.3. The number of hydrogen-bond donors (Lipinski definition) is 0. The van der Waals surface area contributed by atoms with Crippen LogP contribution in [0.15, 0.2) is 48.6 Å². The fourth-order valence-electron chi connectivity index (χ4n) is 8.45. The molecule has 2 unspecified atom stereocenters. The molecule has 71 heavy (non-hydrogen) atoms. The molecule has 0 saturated heterocycles. The van der Waals surface area contributed by atoms with Gasteiger partial charge in [0.2, 0.25) is 0 Å². The Morgan fingerprint density at radius 2 is 0.831 bits per heavy atom. The largest absolute Gasteiger partial charge is 0.508 e. The number of nitrogens with zero attached hydrogens (tertiary/aromatic N) is 1. The number of esters is 2. The quantitative estimate of drug-likeness (QED) is 0.0255. The van der Waals surface area contributed by atoms with Gasteiger partial charge in [0, 0.05) is 32.2 Å². The zero-order valence-corrected chi connectivity index (χ0v) is 46.9. The smallest absolute Gasteiger partial charge is 0.462 e. The fourth-order valence-corrected chi connectivity index (χ4v) is 8.45. The van der Waals surface area contributed by atoms with Gasteiger partial charge in [-0.3, -0.25) is 14.4 Å². The van der Waals surface area contributed by atoms with Crippen LogP contribution in [0.5, 0.6) is 0 Å². The molecule has 0 rings (SSSR count). The number of ketones is 1. The maximum absolute atomic E-state index is 13.4. The topological polar surface area (TPSA) is 108 Å². The Bertz CT molecular complexity index is 1280. The number of carbonyl (C=O) groups excluding carboxylic acids is 4. The molecule has 0 aromatic rings. The van der Waals surface area contributed by atoms with Gasteiger partial charge in [0.05, 0.1) is 6.61 Å². The van der Waals surface area contributed by atoms with Crippen LogP contribution in [0.1, 0.15) is 278 Å². The number of allylic oxidation sites excluding steroid dienone is 8. The summed E-state index contributed by atoms with van der Waals surface area (Å²) >= 11 is 0. The summed E-state index contributed by atoms with van der Waals surface area (Å²) in [6, 6.07) is 0. The van der Waals surface area contributed by atoms with E-state index in [-0.39, 0.29) is 37.8 Å². The highest BCUT2D eigenvalue weighted by molar-refractivity contribution is 5.78. The van der Waals surface area contributed by atoms with E-state index in [0.29, 0.717) is 38.5 Å². The van der Waals surface area contributed by atoms with E-state index in [1.54, 1.807) is 0 Å². The van der Waals surface area contributed by atoms with Crippen molar-refractivity contribution in [2.75, 3.05) is 33.9 Å². The van der Waals surface area contributed by atoms with E-state index in [9.17, 15) is 19.2 Å². The van der Waals surface area contributed by atoms with E-state index in [0.717, 1.165) is 109 Å². The summed E-state index contributed by atoms with van der Waals surface area (Å²) in [5.74, 6) is -0.610. The third-order valence-electron chi connectivity index (χ3n) is 13.0. The minimum atomic E-state index is -0.715. The Morgan fingerprint density at radius 1 is 0.394 bits per heavy atom. The second-order valence-electron chi connectivity index (χ2n) is 20.3. The summed E-state index contributed by atoms with van der Waals surface area (Å²) in [7, 11) is 3.95. The molecular weight excluding hydrogens is 887 g/mol. The summed E-state index contributed by atoms with van der Waals surface area (Å²) < 4.78 is 22.7. The van der Waals surface area contributed by atoms with Crippen LogP contribution in [0.2, 0.25) is 0 Å². The zero-order valence-electron chi connectivity index (χ0n) is 46.9. The van der Waals surface area contributed by atoms with E-state index in [4.69, 9.17) is 18.9 Å². The molecule has 0 heterocycles. The van der Waals surface area contributed by atoms with Gasteiger partial charge in [-0.1, -0.05) is 191 Å². The van der Waals surface area contributed by atoms with Gasteiger partial charge in [-0.2, -0.15) is 0 Å².